The highest BCUT2D eigenvalue weighted by molar-refractivity contribution is 6.14. The van der Waals surface area contributed by atoms with Gasteiger partial charge >= 0.3 is 5.97 Å². The van der Waals surface area contributed by atoms with Crippen LogP contribution in [0.5, 0.6) is 0 Å². The van der Waals surface area contributed by atoms with Gasteiger partial charge in [-0.1, -0.05) is 6.58 Å². The topological polar surface area (TPSA) is 52.0 Å². The first kappa shape index (κ1) is 9.02. The Morgan fingerprint density at radius 3 is 3.07 bits per heavy atom. The molecular formula is C10H10O4. The van der Waals surface area contributed by atoms with E-state index in [2.05, 4.69) is 6.58 Å². The Morgan fingerprint density at radius 2 is 2.50 bits per heavy atom. The van der Waals surface area contributed by atoms with Gasteiger partial charge in [0.05, 0.1) is 18.4 Å². The molecule has 4 heteroatoms. The molecule has 0 amide bonds. The van der Waals surface area contributed by atoms with Crippen LogP contribution in [0.3, 0.4) is 0 Å². The molecule has 1 unspecified atom stereocenters. The average molecular weight is 194 g/mol. The number of epoxide rings is 1. The summed E-state index contributed by atoms with van der Waals surface area (Å²) < 4.78 is 14.8. The fourth-order valence-corrected chi connectivity index (χ4v) is 0.971. The van der Waals surface area contributed by atoms with Crippen LogP contribution in [0.15, 0.2) is 29.4 Å². The average Bonchev–Trinajstić information content (AvgIpc) is 2.86. The van der Waals surface area contributed by atoms with Gasteiger partial charge in [0, 0.05) is 0 Å². The third-order valence-electron chi connectivity index (χ3n) is 1.87. The second-order valence-corrected chi connectivity index (χ2v) is 3.01. The molecule has 1 fully saturated rings. The summed E-state index contributed by atoms with van der Waals surface area (Å²) in [7, 11) is 0. The van der Waals surface area contributed by atoms with Gasteiger partial charge in [-0.15, -0.1) is 0 Å². The minimum absolute atomic E-state index is 0.0725. The first-order valence-corrected chi connectivity index (χ1v) is 4.29. The number of carbonyl (C=O) groups is 1. The largest absolute Gasteiger partial charge is 0.464 e. The number of carbonyl (C=O) groups excluding carboxylic acids is 1. The van der Waals surface area contributed by atoms with Crippen molar-refractivity contribution in [3.63, 3.8) is 0 Å². The number of ether oxygens (including phenoxy) is 2. The van der Waals surface area contributed by atoms with Gasteiger partial charge in [-0.3, -0.25) is 0 Å². The molecule has 4 nitrogen and oxygen atoms in total. The molecular weight excluding hydrogens is 184 g/mol. The molecule has 1 aromatic rings. The molecule has 0 spiro atoms. The van der Waals surface area contributed by atoms with E-state index in [0.29, 0.717) is 19.0 Å². The summed E-state index contributed by atoms with van der Waals surface area (Å²) in [5, 5.41) is 0. The van der Waals surface area contributed by atoms with Gasteiger partial charge < -0.3 is 13.9 Å². The maximum absolute atomic E-state index is 11.3. The Hall–Kier alpha value is -1.55. The van der Waals surface area contributed by atoms with Gasteiger partial charge in [0.2, 0.25) is 0 Å². The van der Waals surface area contributed by atoms with E-state index in [1.807, 2.05) is 0 Å². The molecule has 1 aromatic heterocycles. The smallest absolute Gasteiger partial charge is 0.341 e. The molecule has 0 radical (unpaired) electrons. The summed E-state index contributed by atoms with van der Waals surface area (Å²) in [5.41, 5.74) is 0.232. The Balaban J connectivity index is 1.87. The molecule has 0 N–H and O–H groups in total. The van der Waals surface area contributed by atoms with Crippen LogP contribution >= 0.6 is 0 Å². The number of furan rings is 1. The van der Waals surface area contributed by atoms with Crippen molar-refractivity contribution in [3.05, 3.63) is 30.7 Å². The second-order valence-electron chi connectivity index (χ2n) is 3.01. The molecule has 1 atom stereocenters. The molecule has 74 valence electrons. The van der Waals surface area contributed by atoms with Gasteiger partial charge in [-0.05, 0) is 12.1 Å². The third-order valence-corrected chi connectivity index (χ3v) is 1.87. The maximum Gasteiger partial charge on any atom is 0.341 e. The van der Waals surface area contributed by atoms with Crippen molar-refractivity contribution in [1.82, 2.24) is 0 Å². The minimum atomic E-state index is -0.463. The van der Waals surface area contributed by atoms with Crippen LogP contribution in [0.25, 0.3) is 5.57 Å². The lowest BCUT2D eigenvalue weighted by Crippen LogP contribution is -2.10. The Labute approximate surface area is 81.1 Å². The Bertz CT molecular complexity index is 335. The lowest BCUT2D eigenvalue weighted by Gasteiger charge is -2.02. The number of esters is 1. The first-order valence-electron chi connectivity index (χ1n) is 4.29. The van der Waals surface area contributed by atoms with Gasteiger partial charge in [0.25, 0.3) is 0 Å². The lowest BCUT2D eigenvalue weighted by atomic mass is 10.2. The molecule has 2 heterocycles. The molecule has 0 bridgehead atoms. The van der Waals surface area contributed by atoms with E-state index in [0.717, 1.165) is 0 Å². The molecule has 1 saturated heterocycles. The van der Waals surface area contributed by atoms with E-state index in [1.165, 1.54) is 6.26 Å². The summed E-state index contributed by atoms with van der Waals surface area (Å²) >= 11 is 0. The van der Waals surface area contributed by atoms with E-state index < -0.39 is 5.97 Å². The minimum Gasteiger partial charge on any atom is -0.464 e. The highest BCUT2D eigenvalue weighted by atomic mass is 16.6. The SMILES string of the molecule is C=C(C(=O)OCC1CO1)c1ccco1. The molecule has 0 aliphatic carbocycles. The Kier molecular flexibility index (Phi) is 2.37. The van der Waals surface area contributed by atoms with Crippen molar-refractivity contribution in [1.29, 1.82) is 0 Å². The molecule has 0 saturated carbocycles. The van der Waals surface area contributed by atoms with Crippen LogP contribution < -0.4 is 0 Å². The number of hydrogen-bond donors (Lipinski definition) is 0. The summed E-state index contributed by atoms with van der Waals surface area (Å²) in [6, 6.07) is 3.36. The van der Waals surface area contributed by atoms with Gasteiger partial charge in [0.1, 0.15) is 18.5 Å². The summed E-state index contributed by atoms with van der Waals surface area (Å²) in [6.45, 7) is 4.54. The summed E-state index contributed by atoms with van der Waals surface area (Å²) in [6.07, 6.45) is 1.56. The van der Waals surface area contributed by atoms with Crippen LogP contribution in [-0.2, 0) is 14.3 Å². The normalized spacial score (nSPS) is 19.0. The van der Waals surface area contributed by atoms with Gasteiger partial charge in [0.15, 0.2) is 0 Å². The first-order chi connectivity index (χ1) is 6.77. The Morgan fingerprint density at radius 1 is 1.71 bits per heavy atom. The highest BCUT2D eigenvalue weighted by Crippen LogP contribution is 2.16. The standard InChI is InChI=1S/C10H10O4/c1-7(9-3-2-4-12-9)10(11)14-6-8-5-13-8/h2-4,8H,1,5-6H2. The zero-order chi connectivity index (χ0) is 9.97. The molecule has 0 aromatic carbocycles. The van der Waals surface area contributed by atoms with Crippen molar-refractivity contribution in [2.75, 3.05) is 13.2 Å². The van der Waals surface area contributed by atoms with Crippen LogP contribution in [0.4, 0.5) is 0 Å². The van der Waals surface area contributed by atoms with Crippen molar-refractivity contribution < 1.29 is 18.7 Å². The van der Waals surface area contributed by atoms with Crippen LogP contribution in [-0.4, -0.2) is 25.3 Å². The maximum atomic E-state index is 11.3. The monoisotopic (exact) mass is 194 g/mol. The predicted molar refractivity (Wildman–Crippen MR) is 48.4 cm³/mol. The van der Waals surface area contributed by atoms with Crippen molar-refractivity contribution >= 4 is 11.5 Å². The highest BCUT2D eigenvalue weighted by Gasteiger charge is 2.25. The zero-order valence-corrected chi connectivity index (χ0v) is 7.56. The van der Waals surface area contributed by atoms with Gasteiger partial charge in [-0.2, -0.15) is 0 Å². The number of rotatable bonds is 4. The quantitative estimate of drug-likeness (QED) is 0.411. The molecule has 14 heavy (non-hydrogen) atoms. The van der Waals surface area contributed by atoms with Crippen molar-refractivity contribution in [3.8, 4) is 0 Å². The van der Waals surface area contributed by atoms with E-state index in [-0.39, 0.29) is 11.7 Å². The second kappa shape index (κ2) is 3.67. The van der Waals surface area contributed by atoms with Crippen molar-refractivity contribution in [2.24, 2.45) is 0 Å². The van der Waals surface area contributed by atoms with Crippen LogP contribution in [0.2, 0.25) is 0 Å². The van der Waals surface area contributed by atoms with E-state index in [4.69, 9.17) is 13.9 Å². The van der Waals surface area contributed by atoms with E-state index >= 15 is 0 Å². The fraction of sp³-hybridized carbons (Fsp3) is 0.300. The lowest BCUT2D eigenvalue weighted by molar-refractivity contribution is -0.137. The van der Waals surface area contributed by atoms with Crippen LogP contribution in [0.1, 0.15) is 5.76 Å². The molecule has 2 rings (SSSR count). The van der Waals surface area contributed by atoms with E-state index in [1.54, 1.807) is 12.1 Å². The molecule has 1 aliphatic heterocycles. The molecule has 1 aliphatic rings. The van der Waals surface area contributed by atoms with Crippen molar-refractivity contribution in [2.45, 2.75) is 6.10 Å². The number of hydrogen-bond acceptors (Lipinski definition) is 4. The zero-order valence-electron chi connectivity index (χ0n) is 7.56. The third kappa shape index (κ3) is 2.03. The van der Waals surface area contributed by atoms with Crippen LogP contribution in [0, 0.1) is 0 Å². The van der Waals surface area contributed by atoms with Gasteiger partial charge in [-0.25, -0.2) is 4.79 Å². The predicted octanol–water partition coefficient (Wildman–Crippen LogP) is 1.23. The summed E-state index contributed by atoms with van der Waals surface area (Å²) in [5.74, 6) is -0.0258. The fourth-order valence-electron chi connectivity index (χ4n) is 0.971. The van der Waals surface area contributed by atoms with E-state index in [9.17, 15) is 4.79 Å². The summed E-state index contributed by atoms with van der Waals surface area (Å²) in [4.78, 5) is 11.3.